The summed E-state index contributed by atoms with van der Waals surface area (Å²) in [5.74, 6) is 0.701. The van der Waals surface area contributed by atoms with Gasteiger partial charge in [-0.3, -0.25) is 4.79 Å². The third kappa shape index (κ3) is 3.82. The van der Waals surface area contributed by atoms with Crippen LogP contribution < -0.4 is 11.1 Å². The van der Waals surface area contributed by atoms with E-state index in [1.165, 1.54) is 0 Å². The summed E-state index contributed by atoms with van der Waals surface area (Å²) >= 11 is 0. The summed E-state index contributed by atoms with van der Waals surface area (Å²) in [7, 11) is 0. The van der Waals surface area contributed by atoms with E-state index in [0.717, 1.165) is 16.9 Å². The van der Waals surface area contributed by atoms with Crippen molar-refractivity contribution in [3.05, 3.63) is 53.7 Å². The fourth-order valence-corrected chi connectivity index (χ4v) is 2.03. The molecule has 1 aromatic heterocycles. The van der Waals surface area contributed by atoms with E-state index >= 15 is 0 Å². The van der Waals surface area contributed by atoms with Crippen molar-refractivity contribution in [1.82, 2.24) is 4.98 Å². The number of aromatic nitrogens is 1. The van der Waals surface area contributed by atoms with Gasteiger partial charge < -0.3 is 11.1 Å². The zero-order valence-corrected chi connectivity index (χ0v) is 11.8. The summed E-state index contributed by atoms with van der Waals surface area (Å²) in [6, 6.07) is 13.2. The van der Waals surface area contributed by atoms with E-state index in [2.05, 4.69) is 10.3 Å². The molecule has 1 aromatic carbocycles. The Balaban J connectivity index is 1.95. The highest BCUT2D eigenvalue weighted by molar-refractivity contribution is 5.90. The Morgan fingerprint density at radius 1 is 1.25 bits per heavy atom. The highest BCUT2D eigenvalue weighted by Gasteiger charge is 2.11. The fourth-order valence-electron chi connectivity index (χ4n) is 2.03. The first-order valence-corrected chi connectivity index (χ1v) is 6.63. The number of rotatable bonds is 4. The molecule has 4 nitrogen and oxygen atoms in total. The first-order chi connectivity index (χ1) is 9.54. The minimum absolute atomic E-state index is 0.0348. The molecule has 4 heteroatoms. The number of carbonyl (C=O) groups excluding carboxylic acids is 1. The zero-order valence-electron chi connectivity index (χ0n) is 11.8. The molecule has 0 saturated carbocycles. The highest BCUT2D eigenvalue weighted by atomic mass is 16.1. The lowest BCUT2D eigenvalue weighted by Crippen LogP contribution is -2.15. The number of amides is 1. The molecule has 2 rings (SSSR count). The molecule has 2 aromatic rings. The number of carbonyl (C=O) groups is 1. The summed E-state index contributed by atoms with van der Waals surface area (Å²) in [5, 5.41) is 2.82. The van der Waals surface area contributed by atoms with E-state index in [0.29, 0.717) is 12.2 Å². The summed E-state index contributed by atoms with van der Waals surface area (Å²) in [4.78, 5) is 16.3. The maximum Gasteiger partial charge on any atom is 0.226 e. The smallest absolute Gasteiger partial charge is 0.226 e. The highest BCUT2D eigenvalue weighted by Crippen LogP contribution is 2.20. The number of benzene rings is 1. The van der Waals surface area contributed by atoms with Gasteiger partial charge in [-0.25, -0.2) is 4.98 Å². The quantitative estimate of drug-likeness (QED) is 0.838. The van der Waals surface area contributed by atoms with Crippen LogP contribution in [-0.4, -0.2) is 10.9 Å². The molecule has 0 spiro atoms. The Morgan fingerprint density at radius 3 is 2.60 bits per heavy atom. The standard InChI is InChI=1S/C16H19N3O/c1-11(13-6-8-14(17)9-7-13)10-16(20)19-15-5-3-4-12(2)18-15/h3-9,11H,10,17H2,1-2H3,(H,18,19,20). The Bertz CT molecular complexity index is 593. The maximum atomic E-state index is 12.0. The third-order valence-corrected chi connectivity index (χ3v) is 3.15. The van der Waals surface area contributed by atoms with Crippen molar-refractivity contribution in [3.8, 4) is 0 Å². The van der Waals surface area contributed by atoms with Gasteiger partial charge >= 0.3 is 0 Å². The molecule has 0 aliphatic rings. The van der Waals surface area contributed by atoms with Gasteiger partial charge in [-0.15, -0.1) is 0 Å². The molecule has 0 aliphatic heterocycles. The molecule has 0 fully saturated rings. The molecular formula is C16H19N3O. The van der Waals surface area contributed by atoms with E-state index in [9.17, 15) is 4.79 Å². The molecule has 1 unspecified atom stereocenters. The number of aryl methyl sites for hydroxylation is 1. The average molecular weight is 269 g/mol. The first-order valence-electron chi connectivity index (χ1n) is 6.63. The van der Waals surface area contributed by atoms with Crippen LogP contribution in [0.25, 0.3) is 0 Å². The van der Waals surface area contributed by atoms with Gasteiger partial charge in [0.25, 0.3) is 0 Å². The predicted molar refractivity (Wildman–Crippen MR) is 81.5 cm³/mol. The third-order valence-electron chi connectivity index (χ3n) is 3.15. The molecule has 0 radical (unpaired) electrons. The Labute approximate surface area is 119 Å². The van der Waals surface area contributed by atoms with Crippen molar-refractivity contribution < 1.29 is 4.79 Å². The van der Waals surface area contributed by atoms with Crippen LogP contribution in [0.4, 0.5) is 11.5 Å². The van der Waals surface area contributed by atoms with Gasteiger partial charge in [-0.2, -0.15) is 0 Å². The van der Waals surface area contributed by atoms with Crippen molar-refractivity contribution in [2.75, 3.05) is 11.1 Å². The molecule has 104 valence electrons. The SMILES string of the molecule is Cc1cccc(NC(=O)CC(C)c2ccc(N)cc2)n1. The van der Waals surface area contributed by atoms with Crippen molar-refractivity contribution >= 4 is 17.4 Å². The zero-order chi connectivity index (χ0) is 14.5. The molecule has 20 heavy (non-hydrogen) atoms. The molecule has 1 atom stereocenters. The number of anilines is 2. The number of pyridine rings is 1. The van der Waals surface area contributed by atoms with Crippen LogP contribution in [0.3, 0.4) is 0 Å². The molecule has 0 saturated heterocycles. The number of nitrogens with two attached hydrogens (primary N) is 1. The monoisotopic (exact) mass is 269 g/mol. The van der Waals surface area contributed by atoms with Gasteiger partial charge in [0.05, 0.1) is 0 Å². The lowest BCUT2D eigenvalue weighted by molar-refractivity contribution is -0.116. The molecule has 3 N–H and O–H groups in total. The summed E-state index contributed by atoms with van der Waals surface area (Å²) < 4.78 is 0. The van der Waals surface area contributed by atoms with Crippen LogP contribution in [0.5, 0.6) is 0 Å². The largest absolute Gasteiger partial charge is 0.399 e. The normalized spacial score (nSPS) is 11.9. The van der Waals surface area contributed by atoms with E-state index in [1.54, 1.807) is 6.07 Å². The van der Waals surface area contributed by atoms with Gasteiger partial charge in [-0.05, 0) is 42.7 Å². The van der Waals surface area contributed by atoms with Crippen molar-refractivity contribution in [3.63, 3.8) is 0 Å². The molecular weight excluding hydrogens is 250 g/mol. The number of nitrogens with one attached hydrogen (secondary N) is 1. The van der Waals surface area contributed by atoms with Gasteiger partial charge in [0, 0.05) is 17.8 Å². The van der Waals surface area contributed by atoms with Crippen molar-refractivity contribution in [1.29, 1.82) is 0 Å². The Kier molecular flexibility index (Phi) is 4.35. The second-order valence-electron chi connectivity index (χ2n) is 4.98. The predicted octanol–water partition coefficient (Wildman–Crippen LogP) is 3.10. The average Bonchev–Trinajstić information content (AvgIpc) is 2.39. The minimum Gasteiger partial charge on any atom is -0.399 e. The van der Waals surface area contributed by atoms with Crippen LogP contribution >= 0.6 is 0 Å². The number of hydrogen-bond acceptors (Lipinski definition) is 3. The maximum absolute atomic E-state index is 12.0. The van der Waals surface area contributed by atoms with E-state index < -0.39 is 0 Å². The van der Waals surface area contributed by atoms with Crippen LogP contribution in [-0.2, 0) is 4.79 Å². The molecule has 0 bridgehead atoms. The summed E-state index contributed by atoms with van der Waals surface area (Å²) in [6.45, 7) is 3.92. The van der Waals surface area contributed by atoms with Crippen LogP contribution in [0.1, 0.15) is 30.5 Å². The topological polar surface area (TPSA) is 68.0 Å². The summed E-state index contributed by atoms with van der Waals surface area (Å²) in [6.07, 6.45) is 0.416. The number of nitrogens with zero attached hydrogens (tertiary/aromatic N) is 1. The molecule has 1 heterocycles. The van der Waals surface area contributed by atoms with Gasteiger partial charge in [0.2, 0.25) is 5.91 Å². The van der Waals surface area contributed by atoms with Crippen LogP contribution in [0.15, 0.2) is 42.5 Å². The summed E-state index contributed by atoms with van der Waals surface area (Å²) in [5.41, 5.74) is 8.37. The number of hydrogen-bond donors (Lipinski definition) is 2. The first kappa shape index (κ1) is 14.1. The van der Waals surface area contributed by atoms with Crippen molar-refractivity contribution in [2.24, 2.45) is 0 Å². The van der Waals surface area contributed by atoms with E-state index in [4.69, 9.17) is 5.73 Å². The Morgan fingerprint density at radius 2 is 1.95 bits per heavy atom. The molecule has 1 amide bonds. The second kappa shape index (κ2) is 6.19. The van der Waals surface area contributed by atoms with Crippen LogP contribution in [0, 0.1) is 6.92 Å². The number of nitrogen functional groups attached to an aromatic ring is 1. The fraction of sp³-hybridized carbons (Fsp3) is 0.250. The van der Waals surface area contributed by atoms with Gasteiger partial charge in [0.1, 0.15) is 5.82 Å². The minimum atomic E-state index is -0.0348. The lowest BCUT2D eigenvalue weighted by atomic mass is 9.97. The van der Waals surface area contributed by atoms with Crippen molar-refractivity contribution in [2.45, 2.75) is 26.2 Å². The van der Waals surface area contributed by atoms with E-state index in [1.807, 2.05) is 50.2 Å². The van der Waals surface area contributed by atoms with Gasteiger partial charge in [0.15, 0.2) is 0 Å². The Hall–Kier alpha value is -2.36. The molecule has 0 aliphatic carbocycles. The second-order valence-corrected chi connectivity index (χ2v) is 4.98. The lowest BCUT2D eigenvalue weighted by Gasteiger charge is -2.12. The van der Waals surface area contributed by atoms with E-state index in [-0.39, 0.29) is 11.8 Å². The van der Waals surface area contributed by atoms with Crippen LogP contribution in [0.2, 0.25) is 0 Å². The van der Waals surface area contributed by atoms with Gasteiger partial charge in [-0.1, -0.05) is 25.1 Å².